The zero-order valence-corrected chi connectivity index (χ0v) is 18.1. The van der Waals surface area contributed by atoms with E-state index in [0.29, 0.717) is 17.9 Å². The van der Waals surface area contributed by atoms with Crippen LogP contribution in [-0.4, -0.2) is 17.5 Å². The lowest BCUT2D eigenvalue weighted by Crippen LogP contribution is -2.13. The van der Waals surface area contributed by atoms with Crippen LogP contribution in [0.3, 0.4) is 0 Å². The van der Waals surface area contributed by atoms with Crippen molar-refractivity contribution in [1.29, 1.82) is 0 Å². The Morgan fingerprint density at radius 2 is 1.96 bits per heavy atom. The summed E-state index contributed by atoms with van der Waals surface area (Å²) in [6, 6.07) is 21.2. The van der Waals surface area contributed by atoms with Gasteiger partial charge in [0.15, 0.2) is 0 Å². The molecule has 1 N–H and O–H groups in total. The van der Waals surface area contributed by atoms with E-state index in [4.69, 9.17) is 9.72 Å². The minimum absolute atomic E-state index is 0.176. The fourth-order valence-corrected chi connectivity index (χ4v) is 4.37. The first-order valence-corrected chi connectivity index (χ1v) is 10.7. The molecular formula is C22H17IN2O2S. The number of para-hydroxylation sites is 1. The molecule has 1 heterocycles. The lowest BCUT2D eigenvalue weighted by molar-refractivity contribution is 0.102. The van der Waals surface area contributed by atoms with Crippen LogP contribution in [0.1, 0.15) is 17.3 Å². The molecule has 0 atom stereocenters. The number of aromatic nitrogens is 1. The summed E-state index contributed by atoms with van der Waals surface area (Å²) in [5.41, 5.74) is 3.18. The first kappa shape index (κ1) is 18.9. The number of thiazole rings is 1. The van der Waals surface area contributed by atoms with Crippen LogP contribution < -0.4 is 10.1 Å². The molecule has 1 amide bonds. The summed E-state index contributed by atoms with van der Waals surface area (Å²) < 4.78 is 7.71. The van der Waals surface area contributed by atoms with Crippen molar-refractivity contribution in [2.24, 2.45) is 0 Å². The molecule has 0 saturated carbocycles. The van der Waals surface area contributed by atoms with E-state index in [-0.39, 0.29) is 5.91 Å². The Balaban J connectivity index is 1.68. The van der Waals surface area contributed by atoms with E-state index in [1.54, 1.807) is 23.5 Å². The fraction of sp³-hybridized carbons (Fsp3) is 0.0909. The highest BCUT2D eigenvalue weighted by atomic mass is 127. The number of rotatable bonds is 5. The average Bonchev–Trinajstić information content (AvgIpc) is 3.14. The Labute approximate surface area is 180 Å². The third-order valence-electron chi connectivity index (χ3n) is 4.16. The average molecular weight is 500 g/mol. The summed E-state index contributed by atoms with van der Waals surface area (Å²) in [5, 5.41) is 3.92. The summed E-state index contributed by atoms with van der Waals surface area (Å²) in [7, 11) is 0. The lowest BCUT2D eigenvalue weighted by Gasteiger charge is -2.11. The van der Waals surface area contributed by atoms with Gasteiger partial charge in [-0.25, -0.2) is 4.98 Å². The van der Waals surface area contributed by atoms with Crippen molar-refractivity contribution < 1.29 is 9.53 Å². The number of hydrogen-bond acceptors (Lipinski definition) is 4. The Kier molecular flexibility index (Phi) is 5.59. The maximum atomic E-state index is 12.8. The largest absolute Gasteiger partial charge is 0.494 e. The van der Waals surface area contributed by atoms with Gasteiger partial charge in [-0.3, -0.25) is 4.79 Å². The molecule has 0 unspecified atom stereocenters. The molecule has 0 spiro atoms. The Morgan fingerprint density at radius 3 is 2.79 bits per heavy atom. The normalized spacial score (nSPS) is 10.8. The predicted molar refractivity (Wildman–Crippen MR) is 123 cm³/mol. The molecule has 0 aliphatic rings. The number of halogens is 1. The Bertz CT molecular complexity index is 1120. The molecule has 4 rings (SSSR count). The lowest BCUT2D eigenvalue weighted by atomic mass is 10.1. The topological polar surface area (TPSA) is 51.2 Å². The molecule has 4 nitrogen and oxygen atoms in total. The zero-order valence-electron chi connectivity index (χ0n) is 15.1. The number of amides is 1. The van der Waals surface area contributed by atoms with E-state index in [0.717, 1.165) is 30.0 Å². The van der Waals surface area contributed by atoms with E-state index in [1.807, 2.05) is 55.5 Å². The summed E-state index contributed by atoms with van der Waals surface area (Å²) in [5.74, 6) is 0.509. The fourth-order valence-electron chi connectivity index (χ4n) is 2.88. The van der Waals surface area contributed by atoms with E-state index >= 15 is 0 Å². The molecule has 0 fully saturated rings. The van der Waals surface area contributed by atoms with Crippen molar-refractivity contribution in [3.63, 3.8) is 0 Å². The second kappa shape index (κ2) is 8.28. The van der Waals surface area contributed by atoms with Gasteiger partial charge in [0.2, 0.25) is 0 Å². The summed E-state index contributed by atoms with van der Waals surface area (Å²) in [6.45, 7) is 2.48. The van der Waals surface area contributed by atoms with Crippen molar-refractivity contribution in [3.05, 3.63) is 75.9 Å². The molecule has 0 saturated heterocycles. The van der Waals surface area contributed by atoms with Crippen molar-refractivity contribution in [2.75, 3.05) is 11.9 Å². The number of nitrogens with one attached hydrogen (secondary N) is 1. The predicted octanol–water partition coefficient (Wildman–Crippen LogP) is 6.22. The van der Waals surface area contributed by atoms with E-state index < -0.39 is 0 Å². The van der Waals surface area contributed by atoms with E-state index in [2.05, 4.69) is 34.0 Å². The molecule has 0 bridgehead atoms. The van der Waals surface area contributed by atoms with Gasteiger partial charge < -0.3 is 10.1 Å². The highest BCUT2D eigenvalue weighted by Crippen LogP contribution is 2.35. The van der Waals surface area contributed by atoms with Crippen LogP contribution in [0.5, 0.6) is 5.75 Å². The molecule has 0 aliphatic heterocycles. The zero-order chi connectivity index (χ0) is 19.5. The molecule has 1 aromatic heterocycles. The van der Waals surface area contributed by atoms with Crippen LogP contribution in [0.25, 0.3) is 20.8 Å². The summed E-state index contributed by atoms with van der Waals surface area (Å²) in [6.07, 6.45) is 0. The number of benzene rings is 3. The van der Waals surface area contributed by atoms with Gasteiger partial charge in [0, 0.05) is 14.7 Å². The van der Waals surface area contributed by atoms with Crippen LogP contribution in [0.15, 0.2) is 66.7 Å². The Morgan fingerprint density at radius 1 is 1.11 bits per heavy atom. The van der Waals surface area contributed by atoms with Crippen molar-refractivity contribution in [3.8, 4) is 16.3 Å². The van der Waals surface area contributed by atoms with Gasteiger partial charge in [0.25, 0.3) is 5.91 Å². The van der Waals surface area contributed by atoms with Crippen LogP contribution in [0.4, 0.5) is 5.69 Å². The number of anilines is 1. The molecule has 0 radical (unpaired) electrons. The molecule has 3 aromatic carbocycles. The van der Waals surface area contributed by atoms with Crippen molar-refractivity contribution in [2.45, 2.75) is 6.92 Å². The highest BCUT2D eigenvalue weighted by molar-refractivity contribution is 14.1. The minimum atomic E-state index is -0.176. The number of fused-ring (bicyclic) bond motifs is 1. The van der Waals surface area contributed by atoms with E-state index in [1.165, 1.54) is 0 Å². The summed E-state index contributed by atoms with van der Waals surface area (Å²) >= 11 is 3.89. The molecule has 0 aliphatic carbocycles. The maximum Gasteiger partial charge on any atom is 0.255 e. The second-order valence-corrected chi connectivity index (χ2v) is 8.37. The van der Waals surface area contributed by atoms with Crippen molar-refractivity contribution in [1.82, 2.24) is 4.98 Å². The second-order valence-electron chi connectivity index (χ2n) is 6.09. The minimum Gasteiger partial charge on any atom is -0.494 e. The number of ether oxygens (including phenoxy) is 1. The van der Waals surface area contributed by atoms with Crippen LogP contribution in [0.2, 0.25) is 0 Å². The smallest absolute Gasteiger partial charge is 0.255 e. The monoisotopic (exact) mass is 500 g/mol. The number of carbonyl (C=O) groups is 1. The molecular weight excluding hydrogens is 483 g/mol. The maximum absolute atomic E-state index is 12.8. The third-order valence-corrected chi connectivity index (χ3v) is 5.90. The van der Waals surface area contributed by atoms with Gasteiger partial charge in [-0.05, 0) is 78.0 Å². The SMILES string of the molecule is CCOc1cccc(C(=O)Nc2ccc(I)cc2-c2nc3ccccc3s2)c1. The molecule has 4 aromatic rings. The van der Waals surface area contributed by atoms with Gasteiger partial charge in [-0.2, -0.15) is 0 Å². The highest BCUT2D eigenvalue weighted by Gasteiger charge is 2.15. The molecule has 28 heavy (non-hydrogen) atoms. The molecule has 140 valence electrons. The quantitative estimate of drug-likeness (QED) is 0.331. The molecule has 6 heteroatoms. The van der Waals surface area contributed by atoms with Gasteiger partial charge in [0.05, 0.1) is 22.5 Å². The Hall–Kier alpha value is -2.45. The number of carbonyl (C=O) groups excluding carboxylic acids is 1. The first-order valence-electron chi connectivity index (χ1n) is 8.84. The van der Waals surface area contributed by atoms with Crippen LogP contribution in [-0.2, 0) is 0 Å². The van der Waals surface area contributed by atoms with Gasteiger partial charge in [-0.1, -0.05) is 18.2 Å². The first-order chi connectivity index (χ1) is 13.6. The van der Waals surface area contributed by atoms with Gasteiger partial charge in [-0.15, -0.1) is 11.3 Å². The number of hydrogen-bond donors (Lipinski definition) is 1. The third kappa shape index (κ3) is 4.02. The summed E-state index contributed by atoms with van der Waals surface area (Å²) in [4.78, 5) is 17.6. The van der Waals surface area contributed by atoms with Crippen LogP contribution in [0, 0.1) is 3.57 Å². The standard InChI is InChI=1S/C22H17IN2O2S/c1-2-27-16-7-5-6-14(12-16)21(26)24-18-11-10-15(23)13-17(18)22-25-19-8-3-4-9-20(19)28-22/h3-13H,2H2,1H3,(H,24,26). The van der Waals surface area contributed by atoms with Crippen LogP contribution >= 0.6 is 33.9 Å². The van der Waals surface area contributed by atoms with E-state index in [9.17, 15) is 4.79 Å². The van der Waals surface area contributed by atoms with Crippen molar-refractivity contribution >= 4 is 55.7 Å². The van der Waals surface area contributed by atoms with Gasteiger partial charge >= 0.3 is 0 Å². The van der Waals surface area contributed by atoms with Gasteiger partial charge in [0.1, 0.15) is 10.8 Å². The number of nitrogens with zero attached hydrogens (tertiary/aromatic N) is 1.